The van der Waals surface area contributed by atoms with Crippen LogP contribution in [-0.2, 0) is 5.41 Å². The molecule has 0 radical (unpaired) electrons. The summed E-state index contributed by atoms with van der Waals surface area (Å²) in [5.41, 5.74) is 4.30. The van der Waals surface area contributed by atoms with Crippen molar-refractivity contribution in [2.45, 2.75) is 40.0 Å². The highest BCUT2D eigenvalue weighted by Gasteiger charge is 2.12. The lowest BCUT2D eigenvalue weighted by Gasteiger charge is -2.19. The summed E-state index contributed by atoms with van der Waals surface area (Å²) in [5, 5.41) is 0. The van der Waals surface area contributed by atoms with E-state index in [9.17, 15) is 0 Å². The lowest BCUT2D eigenvalue weighted by molar-refractivity contribution is 0.590. The highest BCUT2D eigenvalue weighted by atomic mass is 14.2. The Morgan fingerprint density at radius 3 is 1.93 bits per heavy atom. The quantitative estimate of drug-likeness (QED) is 0.612. The van der Waals surface area contributed by atoms with E-state index in [-0.39, 0.29) is 5.41 Å². The van der Waals surface area contributed by atoms with Gasteiger partial charge in [-0.1, -0.05) is 51.1 Å². The standard InChI is InChI=1S/C14H20/c1-6-11(2)12-7-9-13(10-8-12)14(3,4)5/h6-10H,1-5H3/b11-6+. The first-order chi connectivity index (χ1) is 6.45. The maximum atomic E-state index is 2.24. The minimum atomic E-state index is 0.252. The lowest BCUT2D eigenvalue weighted by Crippen LogP contribution is -2.10. The van der Waals surface area contributed by atoms with Crippen molar-refractivity contribution >= 4 is 5.57 Å². The maximum absolute atomic E-state index is 2.24. The molecule has 0 fully saturated rings. The van der Waals surface area contributed by atoms with Crippen molar-refractivity contribution in [3.05, 3.63) is 41.5 Å². The largest absolute Gasteiger partial charge is 0.0841 e. The van der Waals surface area contributed by atoms with Crippen molar-refractivity contribution in [2.24, 2.45) is 0 Å². The molecule has 0 amide bonds. The highest BCUT2D eigenvalue weighted by molar-refractivity contribution is 5.63. The third kappa shape index (κ3) is 2.47. The van der Waals surface area contributed by atoms with E-state index in [0.717, 1.165) is 0 Å². The van der Waals surface area contributed by atoms with Gasteiger partial charge in [-0.25, -0.2) is 0 Å². The van der Waals surface area contributed by atoms with Crippen molar-refractivity contribution in [3.8, 4) is 0 Å². The Morgan fingerprint density at radius 2 is 1.57 bits per heavy atom. The van der Waals surface area contributed by atoms with Crippen LogP contribution in [0.2, 0.25) is 0 Å². The van der Waals surface area contributed by atoms with Crippen molar-refractivity contribution in [2.75, 3.05) is 0 Å². The van der Waals surface area contributed by atoms with E-state index in [1.807, 2.05) is 0 Å². The molecule has 0 unspecified atom stereocenters. The van der Waals surface area contributed by atoms with Crippen LogP contribution < -0.4 is 0 Å². The summed E-state index contributed by atoms with van der Waals surface area (Å²) in [6.07, 6.45) is 2.14. The van der Waals surface area contributed by atoms with E-state index in [4.69, 9.17) is 0 Å². The molecule has 0 aliphatic rings. The molecule has 76 valence electrons. The van der Waals surface area contributed by atoms with Crippen LogP contribution in [0.25, 0.3) is 5.57 Å². The van der Waals surface area contributed by atoms with Crippen LogP contribution in [-0.4, -0.2) is 0 Å². The van der Waals surface area contributed by atoms with Crippen LogP contribution in [0.4, 0.5) is 0 Å². The lowest BCUT2D eigenvalue weighted by atomic mass is 9.86. The molecule has 0 aliphatic carbocycles. The molecule has 0 atom stereocenters. The molecule has 1 rings (SSSR count). The monoisotopic (exact) mass is 188 g/mol. The first-order valence-electron chi connectivity index (χ1n) is 5.19. The minimum Gasteiger partial charge on any atom is -0.0841 e. The van der Waals surface area contributed by atoms with E-state index >= 15 is 0 Å². The van der Waals surface area contributed by atoms with Crippen LogP contribution in [0.3, 0.4) is 0 Å². The summed E-state index contributed by atoms with van der Waals surface area (Å²) in [5.74, 6) is 0. The van der Waals surface area contributed by atoms with Gasteiger partial charge in [0.05, 0.1) is 0 Å². The molecular weight excluding hydrogens is 168 g/mol. The zero-order chi connectivity index (χ0) is 10.8. The Morgan fingerprint density at radius 1 is 1.07 bits per heavy atom. The molecule has 0 bridgehead atoms. The summed E-state index contributed by atoms with van der Waals surface area (Å²) in [4.78, 5) is 0. The van der Waals surface area contributed by atoms with Gasteiger partial charge < -0.3 is 0 Å². The molecule has 14 heavy (non-hydrogen) atoms. The first kappa shape index (κ1) is 11.0. The molecular formula is C14H20. The minimum absolute atomic E-state index is 0.252. The highest BCUT2D eigenvalue weighted by Crippen LogP contribution is 2.23. The van der Waals surface area contributed by atoms with Crippen molar-refractivity contribution in [1.29, 1.82) is 0 Å². The molecule has 1 aromatic rings. The van der Waals surface area contributed by atoms with E-state index in [1.54, 1.807) is 0 Å². The van der Waals surface area contributed by atoms with Gasteiger partial charge in [0.15, 0.2) is 0 Å². The summed E-state index contributed by atoms with van der Waals surface area (Å²) in [7, 11) is 0. The van der Waals surface area contributed by atoms with Crippen LogP contribution >= 0.6 is 0 Å². The molecule has 0 nitrogen and oxygen atoms in total. The summed E-state index contributed by atoms with van der Waals surface area (Å²) in [6.45, 7) is 10.9. The second kappa shape index (κ2) is 4.00. The Balaban J connectivity index is 3.01. The van der Waals surface area contributed by atoms with E-state index in [1.165, 1.54) is 16.7 Å². The zero-order valence-corrected chi connectivity index (χ0v) is 9.89. The smallest absolute Gasteiger partial charge is 0.0132 e. The van der Waals surface area contributed by atoms with Crippen LogP contribution in [0.1, 0.15) is 45.7 Å². The Hall–Kier alpha value is -1.04. The van der Waals surface area contributed by atoms with Gasteiger partial charge in [0.2, 0.25) is 0 Å². The molecule has 0 heteroatoms. The zero-order valence-electron chi connectivity index (χ0n) is 9.89. The molecule has 0 spiro atoms. The molecule has 0 N–H and O–H groups in total. The number of hydrogen-bond donors (Lipinski definition) is 0. The van der Waals surface area contributed by atoms with Gasteiger partial charge in [0.1, 0.15) is 0 Å². The van der Waals surface area contributed by atoms with Gasteiger partial charge in [-0.15, -0.1) is 0 Å². The molecule has 0 aromatic heterocycles. The number of hydrogen-bond acceptors (Lipinski definition) is 0. The van der Waals surface area contributed by atoms with Gasteiger partial charge in [0, 0.05) is 0 Å². The number of rotatable bonds is 1. The van der Waals surface area contributed by atoms with Gasteiger partial charge in [0.25, 0.3) is 0 Å². The molecule has 0 heterocycles. The second-order valence-corrected chi connectivity index (χ2v) is 4.80. The van der Waals surface area contributed by atoms with E-state index in [2.05, 4.69) is 65.0 Å². The predicted molar refractivity (Wildman–Crippen MR) is 64.5 cm³/mol. The van der Waals surface area contributed by atoms with E-state index < -0.39 is 0 Å². The molecule has 0 saturated heterocycles. The number of allylic oxidation sites excluding steroid dienone is 2. The molecule has 0 saturated carbocycles. The van der Waals surface area contributed by atoms with Crippen molar-refractivity contribution in [3.63, 3.8) is 0 Å². The first-order valence-corrected chi connectivity index (χ1v) is 5.19. The summed E-state index contributed by atoms with van der Waals surface area (Å²) >= 11 is 0. The maximum Gasteiger partial charge on any atom is -0.0132 e. The van der Waals surface area contributed by atoms with Crippen LogP contribution in [0.5, 0.6) is 0 Å². The van der Waals surface area contributed by atoms with Gasteiger partial charge >= 0.3 is 0 Å². The Labute approximate surface area is 87.7 Å². The van der Waals surface area contributed by atoms with E-state index in [0.29, 0.717) is 0 Å². The van der Waals surface area contributed by atoms with Crippen LogP contribution in [0, 0.1) is 0 Å². The average Bonchev–Trinajstić information content (AvgIpc) is 2.15. The van der Waals surface area contributed by atoms with Crippen molar-refractivity contribution in [1.82, 2.24) is 0 Å². The number of benzene rings is 1. The third-order valence-electron chi connectivity index (χ3n) is 2.64. The van der Waals surface area contributed by atoms with Crippen LogP contribution in [0.15, 0.2) is 30.3 Å². The summed E-state index contributed by atoms with van der Waals surface area (Å²) in [6, 6.07) is 8.86. The fraction of sp³-hybridized carbons (Fsp3) is 0.429. The average molecular weight is 188 g/mol. The fourth-order valence-electron chi connectivity index (χ4n) is 1.40. The summed E-state index contributed by atoms with van der Waals surface area (Å²) < 4.78 is 0. The normalized spacial score (nSPS) is 13.1. The predicted octanol–water partition coefficient (Wildman–Crippen LogP) is 4.41. The fourth-order valence-corrected chi connectivity index (χ4v) is 1.40. The van der Waals surface area contributed by atoms with Gasteiger partial charge in [-0.3, -0.25) is 0 Å². The Kier molecular flexibility index (Phi) is 3.15. The molecule has 0 aliphatic heterocycles. The third-order valence-corrected chi connectivity index (χ3v) is 2.64. The molecule has 1 aromatic carbocycles. The van der Waals surface area contributed by atoms with Gasteiger partial charge in [-0.05, 0) is 36.0 Å². The van der Waals surface area contributed by atoms with Gasteiger partial charge in [-0.2, -0.15) is 0 Å². The van der Waals surface area contributed by atoms with Crippen molar-refractivity contribution < 1.29 is 0 Å². The second-order valence-electron chi connectivity index (χ2n) is 4.80. The Bertz CT molecular complexity index is 320. The topological polar surface area (TPSA) is 0 Å². The SMILES string of the molecule is C/C=C(\C)c1ccc(C(C)(C)C)cc1.